The normalized spacial score (nSPS) is 20.8. The number of benzene rings is 1. The summed E-state index contributed by atoms with van der Waals surface area (Å²) in [6.07, 6.45) is 5.99. The van der Waals surface area contributed by atoms with Gasteiger partial charge in [-0.3, -0.25) is 4.79 Å². The van der Waals surface area contributed by atoms with Crippen molar-refractivity contribution in [2.24, 2.45) is 4.99 Å². The van der Waals surface area contributed by atoms with Gasteiger partial charge in [0.25, 0.3) is 0 Å². The van der Waals surface area contributed by atoms with Crippen LogP contribution in [0.5, 0.6) is 0 Å². The second-order valence-corrected chi connectivity index (χ2v) is 9.91. The van der Waals surface area contributed by atoms with Crippen LogP contribution in [-0.4, -0.2) is 46.5 Å². The third kappa shape index (κ3) is 4.99. The van der Waals surface area contributed by atoms with Gasteiger partial charge in [-0.2, -0.15) is 0 Å². The molecular weight excluding hydrogens is 458 g/mol. The van der Waals surface area contributed by atoms with Crippen molar-refractivity contribution >= 4 is 40.4 Å². The van der Waals surface area contributed by atoms with Gasteiger partial charge in [0, 0.05) is 23.8 Å². The summed E-state index contributed by atoms with van der Waals surface area (Å²) in [5.41, 5.74) is 2.87. The lowest BCUT2D eigenvalue weighted by Crippen LogP contribution is -2.41. The first kappa shape index (κ1) is 23.9. The summed E-state index contributed by atoms with van der Waals surface area (Å²) in [6, 6.07) is 7.34. The maximum absolute atomic E-state index is 13.2. The maximum atomic E-state index is 13.2. The Hall–Kier alpha value is -2.25. The number of fused-ring (bicyclic) bond motifs is 1. The fraction of sp³-hybridized carbons (Fsp3) is 0.480. The number of thioether (sulfide) groups is 1. The van der Waals surface area contributed by atoms with Crippen molar-refractivity contribution < 1.29 is 14.3 Å². The zero-order chi connectivity index (χ0) is 23.5. The van der Waals surface area contributed by atoms with Crippen LogP contribution >= 0.6 is 23.4 Å². The van der Waals surface area contributed by atoms with Crippen LogP contribution in [0.2, 0.25) is 5.02 Å². The molecule has 8 heteroatoms. The third-order valence-corrected chi connectivity index (χ3v) is 7.67. The number of aliphatic imine (C=N–C) groups is 1. The number of hydrogen-bond donors (Lipinski definition) is 0. The quantitative estimate of drug-likeness (QED) is 0.484. The van der Waals surface area contributed by atoms with E-state index < -0.39 is 6.04 Å². The van der Waals surface area contributed by atoms with Crippen molar-refractivity contribution in [2.45, 2.75) is 64.5 Å². The lowest BCUT2D eigenvalue weighted by Gasteiger charge is -2.37. The molecule has 1 unspecified atom stereocenters. The molecule has 2 heterocycles. The number of halogens is 1. The largest absolute Gasteiger partial charge is 0.463 e. The van der Waals surface area contributed by atoms with E-state index in [1.165, 1.54) is 31.0 Å². The van der Waals surface area contributed by atoms with Gasteiger partial charge in [-0.1, -0.05) is 54.8 Å². The van der Waals surface area contributed by atoms with Gasteiger partial charge in [-0.25, -0.2) is 9.79 Å². The topological polar surface area (TPSA) is 62.2 Å². The molecule has 1 aliphatic carbocycles. The first-order valence-corrected chi connectivity index (χ1v) is 12.8. The van der Waals surface area contributed by atoms with Gasteiger partial charge >= 0.3 is 5.97 Å². The highest BCUT2D eigenvalue weighted by molar-refractivity contribution is 8.16. The molecule has 176 valence electrons. The summed E-state index contributed by atoms with van der Waals surface area (Å²) in [7, 11) is 1.91. The first-order chi connectivity index (χ1) is 15.9. The highest BCUT2D eigenvalue weighted by Crippen LogP contribution is 2.45. The number of esters is 1. The smallest absolute Gasteiger partial charge is 0.338 e. The number of hydrogen-bond acceptors (Lipinski definition) is 6. The SMILES string of the molecule is CCOC(=O)C1=C(C)N=C2SC=C(CC(=O)N(C)C3CCCCC3)N2C1c1ccc(Cl)cc1. The van der Waals surface area contributed by atoms with Gasteiger partial charge in [0.2, 0.25) is 5.91 Å². The predicted molar refractivity (Wildman–Crippen MR) is 133 cm³/mol. The Bertz CT molecular complexity index is 1010. The standard InChI is InChI=1S/C25H30ClN3O3S/c1-4-32-24(31)22-16(2)27-25-29(23(22)17-10-12-18(26)13-11-17)20(15-33-25)14-21(30)28(3)19-8-6-5-7-9-19/h10-13,15,19,23H,4-9,14H2,1-3H3. The monoisotopic (exact) mass is 487 g/mol. The second-order valence-electron chi connectivity index (χ2n) is 8.64. The van der Waals surface area contributed by atoms with Crippen LogP contribution in [0, 0.1) is 0 Å². The average Bonchev–Trinajstić information content (AvgIpc) is 3.20. The molecule has 33 heavy (non-hydrogen) atoms. The molecule has 2 aliphatic heterocycles. The van der Waals surface area contributed by atoms with E-state index in [-0.39, 0.29) is 24.9 Å². The molecule has 0 bridgehead atoms. The Morgan fingerprint density at radius 3 is 2.58 bits per heavy atom. The molecule has 1 aromatic rings. The summed E-state index contributed by atoms with van der Waals surface area (Å²) in [5.74, 6) is -0.298. The van der Waals surface area contributed by atoms with Crippen molar-refractivity contribution in [2.75, 3.05) is 13.7 Å². The highest BCUT2D eigenvalue weighted by Gasteiger charge is 2.41. The fourth-order valence-electron chi connectivity index (χ4n) is 4.75. The summed E-state index contributed by atoms with van der Waals surface area (Å²) in [6.45, 7) is 3.90. The predicted octanol–water partition coefficient (Wildman–Crippen LogP) is 5.66. The van der Waals surface area contributed by atoms with Crippen LogP contribution in [0.25, 0.3) is 0 Å². The molecule has 3 aliphatic rings. The minimum Gasteiger partial charge on any atom is -0.463 e. The van der Waals surface area contributed by atoms with Crippen molar-refractivity contribution in [1.29, 1.82) is 0 Å². The lowest BCUT2D eigenvalue weighted by molar-refractivity contribution is -0.139. The van der Waals surface area contributed by atoms with Crippen LogP contribution in [0.15, 0.2) is 51.6 Å². The molecule has 0 N–H and O–H groups in total. The number of carbonyl (C=O) groups excluding carboxylic acids is 2. The summed E-state index contributed by atoms with van der Waals surface area (Å²) in [4.78, 5) is 34.8. The van der Waals surface area contributed by atoms with Crippen LogP contribution in [0.1, 0.15) is 64.0 Å². The third-order valence-electron chi connectivity index (χ3n) is 6.53. The van der Waals surface area contributed by atoms with E-state index in [0.717, 1.165) is 29.3 Å². The molecule has 1 atom stereocenters. The van der Waals surface area contributed by atoms with Gasteiger partial charge in [0.1, 0.15) is 0 Å². The molecule has 0 spiro atoms. The van der Waals surface area contributed by atoms with Gasteiger partial charge in [-0.05, 0) is 49.8 Å². The number of ether oxygens (including phenoxy) is 1. The molecule has 1 saturated carbocycles. The number of carbonyl (C=O) groups is 2. The number of amidine groups is 1. The Labute approximate surface area is 204 Å². The van der Waals surface area contributed by atoms with Crippen LogP contribution in [0.3, 0.4) is 0 Å². The van der Waals surface area contributed by atoms with Crippen molar-refractivity contribution in [3.63, 3.8) is 0 Å². The highest BCUT2D eigenvalue weighted by atomic mass is 35.5. The van der Waals surface area contributed by atoms with Crippen molar-refractivity contribution in [3.05, 3.63) is 57.2 Å². The summed E-state index contributed by atoms with van der Waals surface area (Å²) < 4.78 is 5.39. The van der Waals surface area contributed by atoms with Gasteiger partial charge < -0.3 is 14.5 Å². The molecule has 4 rings (SSSR count). The zero-order valence-electron chi connectivity index (χ0n) is 19.3. The van der Waals surface area contributed by atoms with Gasteiger partial charge in [0.05, 0.1) is 30.3 Å². The minimum absolute atomic E-state index is 0.0915. The van der Waals surface area contributed by atoms with E-state index in [9.17, 15) is 9.59 Å². The molecule has 1 aromatic carbocycles. The number of allylic oxidation sites excluding steroid dienone is 1. The lowest BCUT2D eigenvalue weighted by atomic mass is 9.93. The fourth-order valence-corrected chi connectivity index (χ4v) is 5.84. The van der Waals surface area contributed by atoms with Crippen molar-refractivity contribution in [1.82, 2.24) is 9.80 Å². The van der Waals surface area contributed by atoms with E-state index in [4.69, 9.17) is 21.3 Å². The zero-order valence-corrected chi connectivity index (χ0v) is 20.9. The Kier molecular flexibility index (Phi) is 7.49. The van der Waals surface area contributed by atoms with Gasteiger partial charge in [0.15, 0.2) is 5.17 Å². The maximum Gasteiger partial charge on any atom is 0.338 e. The van der Waals surface area contributed by atoms with Crippen LogP contribution in [0.4, 0.5) is 0 Å². The Morgan fingerprint density at radius 1 is 1.21 bits per heavy atom. The number of rotatable bonds is 6. The summed E-state index contributed by atoms with van der Waals surface area (Å²) in [5, 5.41) is 3.37. The molecule has 6 nitrogen and oxygen atoms in total. The van der Waals surface area contributed by atoms with E-state index in [1.54, 1.807) is 6.92 Å². The van der Waals surface area contributed by atoms with E-state index in [2.05, 4.69) is 0 Å². The van der Waals surface area contributed by atoms with Gasteiger partial charge in [-0.15, -0.1) is 0 Å². The van der Waals surface area contributed by atoms with E-state index in [0.29, 0.717) is 22.3 Å². The molecule has 1 amide bonds. The number of amides is 1. The average molecular weight is 488 g/mol. The molecular formula is C25H30ClN3O3S. The van der Waals surface area contributed by atoms with Crippen LogP contribution in [-0.2, 0) is 14.3 Å². The van der Waals surface area contributed by atoms with E-state index in [1.807, 2.05) is 53.4 Å². The molecule has 0 aromatic heterocycles. The Balaban J connectivity index is 1.64. The Morgan fingerprint density at radius 2 is 1.91 bits per heavy atom. The molecule has 1 fully saturated rings. The minimum atomic E-state index is -0.428. The van der Waals surface area contributed by atoms with Crippen molar-refractivity contribution in [3.8, 4) is 0 Å². The first-order valence-electron chi connectivity index (χ1n) is 11.5. The second kappa shape index (κ2) is 10.3. The molecule has 0 radical (unpaired) electrons. The van der Waals surface area contributed by atoms with E-state index >= 15 is 0 Å². The van der Waals surface area contributed by atoms with Crippen LogP contribution < -0.4 is 0 Å². The summed E-state index contributed by atoms with van der Waals surface area (Å²) >= 11 is 7.63. The number of nitrogens with zero attached hydrogens (tertiary/aromatic N) is 3. The molecule has 0 saturated heterocycles.